The molecular weight excluding hydrogens is 348 g/mol. The molecule has 0 fully saturated rings. The Labute approximate surface area is 153 Å². The molecule has 8 heteroatoms. The molecule has 0 bridgehead atoms. The molecule has 24 heavy (non-hydrogen) atoms. The molecule has 1 rings (SSSR count). The molecule has 0 aliphatic rings. The fourth-order valence-corrected chi connectivity index (χ4v) is 1.95. The van der Waals surface area contributed by atoms with E-state index < -0.39 is 22.2 Å². The van der Waals surface area contributed by atoms with E-state index in [4.69, 9.17) is 9.92 Å². The van der Waals surface area contributed by atoms with E-state index in [2.05, 4.69) is 4.18 Å². The van der Waals surface area contributed by atoms with Gasteiger partial charge in [-0.15, -0.1) is 0 Å². The van der Waals surface area contributed by atoms with Crippen LogP contribution >= 0.6 is 0 Å². The second kappa shape index (κ2) is 22.2. The summed E-state index contributed by atoms with van der Waals surface area (Å²) < 4.78 is 30.7. The Morgan fingerprint density at radius 3 is 1.92 bits per heavy atom. The minimum atomic E-state index is -1.25. The molecule has 6 nitrogen and oxygen atoms in total. The van der Waals surface area contributed by atoms with Crippen molar-refractivity contribution in [1.29, 1.82) is 0 Å². The lowest BCUT2D eigenvalue weighted by Gasteiger charge is -2.14. The van der Waals surface area contributed by atoms with Crippen LogP contribution in [-0.2, 0) is 30.5 Å². The van der Waals surface area contributed by atoms with Crippen molar-refractivity contribution in [2.24, 2.45) is 0 Å². The van der Waals surface area contributed by atoms with Crippen molar-refractivity contribution in [2.45, 2.75) is 27.7 Å². The number of hydrogen-bond donors (Lipinski definition) is 1. The van der Waals surface area contributed by atoms with Gasteiger partial charge in [-0.05, 0) is 19.2 Å². The zero-order valence-electron chi connectivity index (χ0n) is 16.0. The molecule has 0 saturated carbocycles. The van der Waals surface area contributed by atoms with Crippen LogP contribution in [0.5, 0.6) is 0 Å². The van der Waals surface area contributed by atoms with Crippen molar-refractivity contribution < 1.29 is 16.8 Å². The second-order valence-corrected chi connectivity index (χ2v) is 6.20. The van der Waals surface area contributed by atoms with Gasteiger partial charge in [0.15, 0.2) is 22.2 Å². The average Bonchev–Trinajstić information content (AvgIpc) is 2.62. The van der Waals surface area contributed by atoms with Crippen molar-refractivity contribution in [2.75, 3.05) is 45.2 Å². The molecule has 0 aliphatic carbocycles. The SMILES string of the molecule is CC.CC.COS(=O)CCN(C)COS(C)=O.Nc1ccccc1. The fraction of sp³-hybridized carbons (Fsp3) is 0.625. The molecule has 0 saturated heterocycles. The first-order valence-electron chi connectivity index (χ1n) is 7.84. The number of nitrogens with two attached hydrogens (primary N) is 1. The third-order valence-corrected chi connectivity index (χ3v) is 3.39. The number of nitrogen functional groups attached to an aromatic ring is 1. The van der Waals surface area contributed by atoms with Crippen LogP contribution in [0.25, 0.3) is 0 Å². The maximum Gasteiger partial charge on any atom is 0.156 e. The summed E-state index contributed by atoms with van der Waals surface area (Å²) in [5.41, 5.74) is 6.18. The molecule has 0 aliphatic heterocycles. The van der Waals surface area contributed by atoms with E-state index in [1.54, 1.807) is 11.9 Å². The standard InChI is InChI=1S/C6H15NO4S2.C6H7N.2C2H6/c1-7(6-11-12(3)8)4-5-13(9)10-2;7-6-4-2-1-3-5-6;2*1-2/h4-6H2,1-3H3;1-5H,7H2;2*1-2H3. The summed E-state index contributed by atoms with van der Waals surface area (Å²) in [7, 11) is 3.19. The van der Waals surface area contributed by atoms with Crippen LogP contribution in [0.3, 0.4) is 0 Å². The third-order valence-electron chi connectivity index (χ3n) is 2.06. The van der Waals surface area contributed by atoms with Gasteiger partial charge in [0.2, 0.25) is 0 Å². The van der Waals surface area contributed by atoms with E-state index in [0.29, 0.717) is 12.3 Å². The Balaban J connectivity index is -0.000000335. The van der Waals surface area contributed by atoms with Crippen LogP contribution in [-0.4, -0.2) is 52.8 Å². The summed E-state index contributed by atoms with van der Waals surface area (Å²) >= 11 is -2.49. The van der Waals surface area contributed by atoms with Crippen molar-refractivity contribution >= 4 is 27.8 Å². The van der Waals surface area contributed by atoms with Crippen LogP contribution in [0.15, 0.2) is 30.3 Å². The molecule has 2 unspecified atom stereocenters. The molecule has 2 atom stereocenters. The van der Waals surface area contributed by atoms with Crippen LogP contribution in [0.4, 0.5) is 5.69 Å². The van der Waals surface area contributed by atoms with Crippen molar-refractivity contribution in [3.8, 4) is 0 Å². The molecule has 2 N–H and O–H groups in total. The molecule has 0 aromatic heterocycles. The highest BCUT2D eigenvalue weighted by Gasteiger charge is 2.02. The van der Waals surface area contributed by atoms with Crippen LogP contribution < -0.4 is 5.73 Å². The molecule has 0 amide bonds. The first-order chi connectivity index (χ1) is 11.5. The molecule has 0 radical (unpaired) electrons. The van der Waals surface area contributed by atoms with E-state index in [-0.39, 0.29) is 6.73 Å². The van der Waals surface area contributed by atoms with Gasteiger partial charge in [-0.1, -0.05) is 45.9 Å². The number of rotatable bonds is 7. The summed E-state index contributed by atoms with van der Waals surface area (Å²) in [6, 6.07) is 9.49. The largest absolute Gasteiger partial charge is 0.399 e. The van der Waals surface area contributed by atoms with Gasteiger partial charge in [-0.25, -0.2) is 8.42 Å². The molecular formula is C16H34N2O4S2. The lowest BCUT2D eigenvalue weighted by atomic mass is 10.3. The van der Waals surface area contributed by atoms with Crippen molar-refractivity contribution in [3.63, 3.8) is 0 Å². The number of hydrogen-bond acceptors (Lipinski definition) is 6. The molecule has 1 aromatic rings. The summed E-state index contributed by atoms with van der Waals surface area (Å²) in [5.74, 6) is 0.423. The van der Waals surface area contributed by atoms with Crippen LogP contribution in [0, 0.1) is 0 Å². The Hall–Kier alpha value is -0.800. The minimum absolute atomic E-state index is 0.268. The Morgan fingerprint density at radius 1 is 1.08 bits per heavy atom. The number of benzene rings is 1. The molecule has 0 heterocycles. The topological polar surface area (TPSA) is 81.9 Å². The van der Waals surface area contributed by atoms with E-state index in [9.17, 15) is 8.42 Å². The maximum atomic E-state index is 10.8. The molecule has 1 aromatic carbocycles. The molecule has 0 spiro atoms. The number of nitrogens with zero attached hydrogens (tertiary/aromatic N) is 1. The fourth-order valence-electron chi connectivity index (χ4n) is 0.995. The highest BCUT2D eigenvalue weighted by atomic mass is 32.2. The first kappa shape index (κ1) is 28.0. The third kappa shape index (κ3) is 23.5. The Morgan fingerprint density at radius 2 is 1.58 bits per heavy atom. The van der Waals surface area contributed by atoms with E-state index in [1.165, 1.54) is 13.4 Å². The van der Waals surface area contributed by atoms with Gasteiger partial charge in [0.25, 0.3) is 0 Å². The predicted molar refractivity (Wildman–Crippen MR) is 106 cm³/mol. The quantitative estimate of drug-likeness (QED) is 0.577. The minimum Gasteiger partial charge on any atom is -0.399 e. The normalized spacial score (nSPS) is 11.7. The van der Waals surface area contributed by atoms with Crippen molar-refractivity contribution in [3.05, 3.63) is 30.3 Å². The van der Waals surface area contributed by atoms with E-state index in [1.807, 2.05) is 58.0 Å². The maximum absolute atomic E-state index is 10.8. The second-order valence-electron chi connectivity index (χ2n) is 3.81. The summed E-state index contributed by atoms with van der Waals surface area (Å²) in [5, 5.41) is 0. The van der Waals surface area contributed by atoms with E-state index in [0.717, 1.165) is 5.69 Å². The molecule has 144 valence electrons. The van der Waals surface area contributed by atoms with E-state index >= 15 is 0 Å². The smallest absolute Gasteiger partial charge is 0.156 e. The summed E-state index contributed by atoms with van der Waals surface area (Å²) in [6.07, 6.45) is 1.46. The Kier molecular flexibility index (Phi) is 25.9. The summed E-state index contributed by atoms with van der Waals surface area (Å²) in [4.78, 5) is 1.78. The Bertz CT molecular complexity index is 406. The monoisotopic (exact) mass is 382 g/mol. The van der Waals surface area contributed by atoms with Gasteiger partial charge in [0.05, 0.1) is 12.9 Å². The lowest BCUT2D eigenvalue weighted by molar-refractivity contribution is 0.176. The highest BCUT2D eigenvalue weighted by Crippen LogP contribution is 1.95. The van der Waals surface area contributed by atoms with Crippen molar-refractivity contribution in [1.82, 2.24) is 4.90 Å². The predicted octanol–water partition coefficient (Wildman–Crippen LogP) is 2.82. The zero-order valence-corrected chi connectivity index (χ0v) is 17.6. The van der Waals surface area contributed by atoms with Crippen LogP contribution in [0.1, 0.15) is 27.7 Å². The van der Waals surface area contributed by atoms with Crippen LogP contribution in [0.2, 0.25) is 0 Å². The first-order valence-corrected chi connectivity index (χ1v) is 10.6. The lowest BCUT2D eigenvalue weighted by Crippen LogP contribution is -2.26. The average molecular weight is 383 g/mol. The van der Waals surface area contributed by atoms with Gasteiger partial charge in [0, 0.05) is 18.5 Å². The van der Waals surface area contributed by atoms with Gasteiger partial charge < -0.3 is 5.73 Å². The number of anilines is 1. The van der Waals surface area contributed by atoms with Gasteiger partial charge in [-0.2, -0.15) is 0 Å². The van der Waals surface area contributed by atoms with Gasteiger partial charge in [0.1, 0.15) is 6.73 Å². The number of para-hydroxylation sites is 1. The van der Waals surface area contributed by atoms with Gasteiger partial charge in [-0.3, -0.25) is 13.3 Å². The highest BCUT2D eigenvalue weighted by molar-refractivity contribution is 7.80. The van der Waals surface area contributed by atoms with Gasteiger partial charge >= 0.3 is 0 Å². The zero-order chi connectivity index (χ0) is 19.4. The summed E-state index contributed by atoms with van der Waals surface area (Å²) in [6.45, 7) is 8.85.